The van der Waals surface area contributed by atoms with Gasteiger partial charge in [0.25, 0.3) is 11.5 Å². The first-order chi connectivity index (χ1) is 13.5. The van der Waals surface area contributed by atoms with Crippen molar-refractivity contribution >= 4 is 16.8 Å². The number of para-hydroxylation sites is 1. The van der Waals surface area contributed by atoms with Crippen molar-refractivity contribution in [1.82, 2.24) is 14.9 Å². The topological polar surface area (TPSA) is 75.3 Å². The molecular formula is C22H25N3O3. The van der Waals surface area contributed by atoms with Crippen molar-refractivity contribution in [2.75, 3.05) is 6.54 Å². The summed E-state index contributed by atoms with van der Waals surface area (Å²) >= 11 is 0. The molecule has 0 aliphatic carbocycles. The van der Waals surface area contributed by atoms with Gasteiger partial charge in [0, 0.05) is 12.1 Å². The normalized spacial score (nSPS) is 11.1. The van der Waals surface area contributed by atoms with E-state index in [0.717, 1.165) is 5.56 Å². The average Bonchev–Trinajstić information content (AvgIpc) is 2.70. The van der Waals surface area contributed by atoms with Gasteiger partial charge in [-0.2, -0.15) is 0 Å². The van der Waals surface area contributed by atoms with Crippen molar-refractivity contribution in [3.8, 4) is 0 Å². The fourth-order valence-electron chi connectivity index (χ4n) is 2.91. The van der Waals surface area contributed by atoms with Gasteiger partial charge in [-0.05, 0) is 50.6 Å². The minimum atomic E-state index is -0.196. The van der Waals surface area contributed by atoms with Gasteiger partial charge in [-0.15, -0.1) is 0 Å². The van der Waals surface area contributed by atoms with E-state index >= 15 is 0 Å². The lowest BCUT2D eigenvalue weighted by molar-refractivity contribution is 0.0655. The zero-order valence-electron chi connectivity index (χ0n) is 16.4. The van der Waals surface area contributed by atoms with Gasteiger partial charge in [-0.3, -0.25) is 9.59 Å². The first-order valence-electron chi connectivity index (χ1n) is 9.45. The molecule has 3 rings (SSSR count). The molecule has 0 saturated heterocycles. The van der Waals surface area contributed by atoms with Gasteiger partial charge in [0.1, 0.15) is 5.82 Å². The van der Waals surface area contributed by atoms with Crippen LogP contribution in [0.3, 0.4) is 0 Å². The summed E-state index contributed by atoms with van der Waals surface area (Å²) in [5.74, 6) is 0.371. The van der Waals surface area contributed by atoms with Gasteiger partial charge in [0.2, 0.25) is 0 Å². The van der Waals surface area contributed by atoms with Crippen LogP contribution < -0.4 is 5.56 Å². The molecule has 28 heavy (non-hydrogen) atoms. The highest BCUT2D eigenvalue weighted by molar-refractivity contribution is 5.94. The van der Waals surface area contributed by atoms with Crippen LogP contribution in [0, 0.1) is 0 Å². The molecule has 1 amide bonds. The minimum Gasteiger partial charge on any atom is -0.374 e. The number of hydrogen-bond acceptors (Lipinski definition) is 4. The molecule has 146 valence electrons. The average molecular weight is 379 g/mol. The van der Waals surface area contributed by atoms with Crippen LogP contribution in [0.1, 0.15) is 42.5 Å². The van der Waals surface area contributed by atoms with Crippen LogP contribution in [-0.2, 0) is 17.9 Å². The molecule has 1 heterocycles. The summed E-state index contributed by atoms with van der Waals surface area (Å²) in [5, 5.41) is 0.542. The van der Waals surface area contributed by atoms with E-state index in [2.05, 4.69) is 9.97 Å². The Balaban J connectivity index is 1.76. The standard InChI is InChI=1S/C22H25N3O3/c1-4-25(13-20-23-19-8-6-5-7-18(19)21(26)24-20)22(27)17-11-9-16(10-12-17)14-28-15(2)3/h5-12,15H,4,13-14H2,1-3H3,(H,23,24,26). The third-order valence-electron chi connectivity index (χ3n) is 4.46. The van der Waals surface area contributed by atoms with Crippen LogP contribution in [0.15, 0.2) is 53.3 Å². The summed E-state index contributed by atoms with van der Waals surface area (Å²) in [6.07, 6.45) is 0.161. The van der Waals surface area contributed by atoms with E-state index in [1.54, 1.807) is 35.2 Å². The third-order valence-corrected chi connectivity index (χ3v) is 4.46. The van der Waals surface area contributed by atoms with Gasteiger partial charge < -0.3 is 14.6 Å². The van der Waals surface area contributed by atoms with E-state index in [1.165, 1.54) is 0 Å². The second-order valence-electron chi connectivity index (χ2n) is 6.91. The van der Waals surface area contributed by atoms with Crippen LogP contribution in [0.2, 0.25) is 0 Å². The molecular weight excluding hydrogens is 354 g/mol. The predicted octanol–water partition coefficient (Wildman–Crippen LogP) is 3.51. The maximum Gasteiger partial charge on any atom is 0.258 e. The van der Waals surface area contributed by atoms with Crippen LogP contribution in [0.5, 0.6) is 0 Å². The Morgan fingerprint density at radius 2 is 1.86 bits per heavy atom. The number of hydrogen-bond donors (Lipinski definition) is 1. The van der Waals surface area contributed by atoms with Gasteiger partial charge in [-0.25, -0.2) is 4.98 Å². The number of benzene rings is 2. The zero-order valence-corrected chi connectivity index (χ0v) is 16.4. The molecule has 0 fully saturated rings. The molecule has 6 nitrogen and oxygen atoms in total. The second-order valence-corrected chi connectivity index (χ2v) is 6.91. The van der Waals surface area contributed by atoms with Crippen LogP contribution in [0.4, 0.5) is 0 Å². The molecule has 0 unspecified atom stereocenters. The number of nitrogens with zero attached hydrogens (tertiary/aromatic N) is 2. The quantitative estimate of drug-likeness (QED) is 0.682. The minimum absolute atomic E-state index is 0.102. The Bertz CT molecular complexity index is 1010. The molecule has 0 atom stereocenters. The number of nitrogens with one attached hydrogen (secondary N) is 1. The van der Waals surface area contributed by atoms with E-state index < -0.39 is 0 Å². The van der Waals surface area contributed by atoms with E-state index in [1.807, 2.05) is 39.0 Å². The van der Waals surface area contributed by atoms with Gasteiger partial charge in [0.15, 0.2) is 0 Å². The summed E-state index contributed by atoms with van der Waals surface area (Å²) in [5.41, 5.74) is 2.05. The van der Waals surface area contributed by atoms with Gasteiger partial charge in [0.05, 0.1) is 30.2 Å². The number of aromatic amines is 1. The van der Waals surface area contributed by atoms with Crippen molar-refractivity contribution in [2.45, 2.75) is 40.0 Å². The first kappa shape index (κ1) is 19.8. The number of fused-ring (bicyclic) bond motifs is 1. The Kier molecular flexibility index (Phi) is 6.21. The summed E-state index contributed by atoms with van der Waals surface area (Å²) in [6.45, 7) is 7.15. The molecule has 3 aromatic rings. The maximum atomic E-state index is 12.9. The summed E-state index contributed by atoms with van der Waals surface area (Å²) in [4.78, 5) is 34.1. The second kappa shape index (κ2) is 8.80. The fourth-order valence-corrected chi connectivity index (χ4v) is 2.91. The monoisotopic (exact) mass is 379 g/mol. The Hall–Kier alpha value is -2.99. The maximum absolute atomic E-state index is 12.9. The van der Waals surface area contributed by atoms with Crippen LogP contribution in [0.25, 0.3) is 10.9 Å². The molecule has 0 aliphatic heterocycles. The molecule has 6 heteroatoms. The van der Waals surface area contributed by atoms with Gasteiger partial charge in [-0.1, -0.05) is 24.3 Å². The Morgan fingerprint density at radius 1 is 1.14 bits per heavy atom. The van der Waals surface area contributed by atoms with E-state index in [0.29, 0.717) is 35.4 Å². The Morgan fingerprint density at radius 3 is 2.54 bits per heavy atom. The van der Waals surface area contributed by atoms with Crippen molar-refractivity contribution in [2.24, 2.45) is 0 Å². The molecule has 1 aromatic heterocycles. The number of amides is 1. The van der Waals surface area contributed by atoms with E-state index in [9.17, 15) is 9.59 Å². The molecule has 0 radical (unpaired) electrons. The fraction of sp³-hybridized carbons (Fsp3) is 0.318. The number of carbonyl (C=O) groups is 1. The largest absolute Gasteiger partial charge is 0.374 e. The number of carbonyl (C=O) groups excluding carboxylic acids is 1. The lowest BCUT2D eigenvalue weighted by Crippen LogP contribution is -2.32. The molecule has 0 bridgehead atoms. The van der Waals surface area contributed by atoms with E-state index in [-0.39, 0.29) is 24.1 Å². The molecule has 1 N–H and O–H groups in total. The van der Waals surface area contributed by atoms with E-state index in [4.69, 9.17) is 4.74 Å². The molecule has 0 spiro atoms. The van der Waals surface area contributed by atoms with Crippen molar-refractivity contribution < 1.29 is 9.53 Å². The molecule has 2 aromatic carbocycles. The van der Waals surface area contributed by atoms with Crippen molar-refractivity contribution in [3.63, 3.8) is 0 Å². The first-order valence-corrected chi connectivity index (χ1v) is 9.45. The smallest absolute Gasteiger partial charge is 0.258 e. The summed E-state index contributed by atoms with van der Waals surface area (Å²) in [6, 6.07) is 14.6. The zero-order chi connectivity index (χ0) is 20.1. The van der Waals surface area contributed by atoms with Crippen LogP contribution in [-0.4, -0.2) is 33.4 Å². The number of aromatic nitrogens is 2. The highest BCUT2D eigenvalue weighted by Crippen LogP contribution is 2.12. The van der Waals surface area contributed by atoms with Crippen LogP contribution >= 0.6 is 0 Å². The van der Waals surface area contributed by atoms with Crippen molar-refractivity contribution in [3.05, 3.63) is 75.8 Å². The Labute approximate surface area is 164 Å². The number of ether oxygens (including phenoxy) is 1. The van der Waals surface area contributed by atoms with Crippen molar-refractivity contribution in [1.29, 1.82) is 0 Å². The highest BCUT2D eigenvalue weighted by atomic mass is 16.5. The highest BCUT2D eigenvalue weighted by Gasteiger charge is 2.16. The lowest BCUT2D eigenvalue weighted by atomic mass is 10.1. The summed E-state index contributed by atoms with van der Waals surface area (Å²) in [7, 11) is 0. The number of rotatable bonds is 7. The lowest BCUT2D eigenvalue weighted by Gasteiger charge is -2.20. The summed E-state index contributed by atoms with van der Waals surface area (Å²) < 4.78 is 5.58. The molecule has 0 saturated carbocycles. The SMILES string of the molecule is CCN(Cc1nc2ccccc2c(=O)[nH]1)C(=O)c1ccc(COC(C)C)cc1. The van der Waals surface area contributed by atoms with Gasteiger partial charge >= 0.3 is 0 Å². The third kappa shape index (κ3) is 4.64. The molecule has 0 aliphatic rings. The predicted molar refractivity (Wildman–Crippen MR) is 109 cm³/mol. The number of H-pyrrole nitrogens is 1.